The third kappa shape index (κ3) is 4.10. The van der Waals surface area contributed by atoms with Crippen LogP contribution < -0.4 is 11.5 Å². The molecule has 0 aromatic heterocycles. The van der Waals surface area contributed by atoms with E-state index in [2.05, 4.69) is 16.9 Å². The van der Waals surface area contributed by atoms with Gasteiger partial charge in [0, 0.05) is 38.6 Å². The monoisotopic (exact) mass is 281 g/mol. The van der Waals surface area contributed by atoms with Crippen LogP contribution in [-0.4, -0.2) is 61.4 Å². The van der Waals surface area contributed by atoms with Crippen molar-refractivity contribution in [2.75, 3.05) is 39.8 Å². The van der Waals surface area contributed by atoms with Crippen molar-refractivity contribution in [2.45, 2.75) is 25.7 Å². The molecule has 1 aliphatic carbocycles. The number of nitrogens with two attached hydrogens (primary N) is 2. The van der Waals surface area contributed by atoms with Gasteiger partial charge in [0.15, 0.2) is 5.96 Å². The molecule has 0 aromatic rings. The fourth-order valence-electron chi connectivity index (χ4n) is 3.11. The molecular formula is C14H27N5O. The molecule has 0 spiro atoms. The summed E-state index contributed by atoms with van der Waals surface area (Å²) in [5, 5.41) is 0. The molecule has 114 valence electrons. The quantitative estimate of drug-likeness (QED) is 0.556. The lowest BCUT2D eigenvalue weighted by Gasteiger charge is -2.36. The van der Waals surface area contributed by atoms with Gasteiger partial charge >= 0.3 is 0 Å². The molecule has 0 aromatic carbocycles. The molecule has 6 heteroatoms. The summed E-state index contributed by atoms with van der Waals surface area (Å²) in [6, 6.07) is 0. The van der Waals surface area contributed by atoms with Gasteiger partial charge in [-0.25, -0.2) is 0 Å². The Morgan fingerprint density at radius 3 is 2.25 bits per heavy atom. The number of hydrogen-bond donors (Lipinski definition) is 2. The van der Waals surface area contributed by atoms with E-state index in [1.807, 2.05) is 4.90 Å². The van der Waals surface area contributed by atoms with Crippen LogP contribution in [0.3, 0.4) is 0 Å². The number of likely N-dealkylation sites (N-methyl/N-ethyl adjacent to an activating group) is 1. The highest BCUT2D eigenvalue weighted by Gasteiger charge is 2.30. The first-order valence-electron chi connectivity index (χ1n) is 7.59. The van der Waals surface area contributed by atoms with Crippen molar-refractivity contribution >= 4 is 11.9 Å². The molecular weight excluding hydrogens is 254 g/mol. The normalized spacial score (nSPS) is 28.1. The Hall–Kier alpha value is -1.30. The molecule has 20 heavy (non-hydrogen) atoms. The maximum Gasteiger partial charge on any atom is 0.225 e. The largest absolute Gasteiger partial charge is 0.370 e. The molecule has 4 N–H and O–H groups in total. The van der Waals surface area contributed by atoms with Gasteiger partial charge < -0.3 is 21.3 Å². The van der Waals surface area contributed by atoms with Crippen LogP contribution >= 0.6 is 0 Å². The summed E-state index contributed by atoms with van der Waals surface area (Å²) >= 11 is 0. The molecule has 0 unspecified atom stereocenters. The molecule has 6 nitrogen and oxygen atoms in total. The number of aliphatic imine (C=N–C) groups is 1. The first kappa shape index (κ1) is 15.1. The molecule has 2 fully saturated rings. The van der Waals surface area contributed by atoms with Crippen LogP contribution in [-0.2, 0) is 4.79 Å². The second-order valence-electron chi connectivity index (χ2n) is 6.11. The Balaban J connectivity index is 1.75. The highest BCUT2D eigenvalue weighted by molar-refractivity contribution is 5.79. The van der Waals surface area contributed by atoms with Crippen molar-refractivity contribution in [3.8, 4) is 0 Å². The Kier molecular flexibility index (Phi) is 5.23. The SMILES string of the molecule is CN1CCN(C(=O)C2CCC(CN=C(N)N)CC2)CC1. The van der Waals surface area contributed by atoms with Crippen molar-refractivity contribution in [1.82, 2.24) is 9.80 Å². The van der Waals surface area contributed by atoms with Crippen LogP contribution in [0, 0.1) is 11.8 Å². The van der Waals surface area contributed by atoms with Crippen LogP contribution in [0.5, 0.6) is 0 Å². The summed E-state index contributed by atoms with van der Waals surface area (Å²) < 4.78 is 0. The zero-order chi connectivity index (χ0) is 14.5. The summed E-state index contributed by atoms with van der Waals surface area (Å²) in [7, 11) is 2.11. The highest BCUT2D eigenvalue weighted by Crippen LogP contribution is 2.30. The topological polar surface area (TPSA) is 87.9 Å². The van der Waals surface area contributed by atoms with Crippen LogP contribution in [0.1, 0.15) is 25.7 Å². The van der Waals surface area contributed by atoms with E-state index >= 15 is 0 Å². The maximum atomic E-state index is 12.5. The maximum absolute atomic E-state index is 12.5. The van der Waals surface area contributed by atoms with Crippen molar-refractivity contribution in [3.63, 3.8) is 0 Å². The minimum absolute atomic E-state index is 0.167. The summed E-state index contributed by atoms with van der Waals surface area (Å²) in [5.41, 5.74) is 10.7. The average Bonchev–Trinajstić information content (AvgIpc) is 2.46. The molecule has 0 bridgehead atoms. The molecule has 0 atom stereocenters. The summed E-state index contributed by atoms with van der Waals surface area (Å²) in [4.78, 5) is 20.9. The predicted molar refractivity (Wildman–Crippen MR) is 80.2 cm³/mol. The first-order chi connectivity index (χ1) is 9.56. The van der Waals surface area contributed by atoms with Crippen molar-refractivity contribution in [1.29, 1.82) is 0 Å². The van der Waals surface area contributed by atoms with E-state index in [9.17, 15) is 4.79 Å². The van der Waals surface area contributed by atoms with Gasteiger partial charge in [-0.15, -0.1) is 0 Å². The van der Waals surface area contributed by atoms with Crippen LogP contribution in [0.4, 0.5) is 0 Å². The second-order valence-corrected chi connectivity index (χ2v) is 6.11. The third-order valence-electron chi connectivity index (χ3n) is 4.54. The average molecular weight is 281 g/mol. The minimum Gasteiger partial charge on any atom is -0.370 e. The van der Waals surface area contributed by atoms with E-state index in [0.717, 1.165) is 51.9 Å². The van der Waals surface area contributed by atoms with E-state index in [1.54, 1.807) is 0 Å². The van der Waals surface area contributed by atoms with Gasteiger partial charge in [-0.2, -0.15) is 0 Å². The zero-order valence-corrected chi connectivity index (χ0v) is 12.4. The van der Waals surface area contributed by atoms with Gasteiger partial charge in [0.1, 0.15) is 0 Å². The van der Waals surface area contributed by atoms with Gasteiger partial charge in [-0.05, 0) is 38.6 Å². The molecule has 2 aliphatic rings. The van der Waals surface area contributed by atoms with E-state index < -0.39 is 0 Å². The molecule has 2 rings (SSSR count). The molecule has 0 radical (unpaired) electrons. The summed E-state index contributed by atoms with van der Waals surface area (Å²) in [6.45, 7) is 4.45. The van der Waals surface area contributed by atoms with E-state index in [0.29, 0.717) is 18.4 Å². The van der Waals surface area contributed by atoms with Crippen molar-refractivity contribution in [2.24, 2.45) is 28.3 Å². The van der Waals surface area contributed by atoms with Gasteiger partial charge in [0.05, 0.1) is 0 Å². The van der Waals surface area contributed by atoms with Crippen LogP contribution in [0.15, 0.2) is 4.99 Å². The Morgan fingerprint density at radius 1 is 1.10 bits per heavy atom. The predicted octanol–water partition coefficient (Wildman–Crippen LogP) is -0.160. The summed E-state index contributed by atoms with van der Waals surface area (Å²) in [5.74, 6) is 1.28. The number of piperazine rings is 1. The van der Waals surface area contributed by atoms with Gasteiger partial charge in [-0.3, -0.25) is 9.79 Å². The Morgan fingerprint density at radius 2 is 1.70 bits per heavy atom. The number of amides is 1. The van der Waals surface area contributed by atoms with Crippen molar-refractivity contribution in [3.05, 3.63) is 0 Å². The summed E-state index contributed by atoms with van der Waals surface area (Å²) in [6.07, 6.45) is 4.08. The van der Waals surface area contributed by atoms with Crippen LogP contribution in [0.2, 0.25) is 0 Å². The lowest BCUT2D eigenvalue weighted by molar-refractivity contribution is -0.138. The number of carbonyl (C=O) groups excluding carboxylic acids is 1. The number of guanidine groups is 1. The number of nitrogens with zero attached hydrogens (tertiary/aromatic N) is 3. The van der Waals surface area contributed by atoms with E-state index in [-0.39, 0.29) is 11.9 Å². The highest BCUT2D eigenvalue weighted by atomic mass is 16.2. The molecule has 1 heterocycles. The zero-order valence-electron chi connectivity index (χ0n) is 12.4. The Bertz CT molecular complexity index is 351. The fraction of sp³-hybridized carbons (Fsp3) is 0.857. The van der Waals surface area contributed by atoms with Gasteiger partial charge in [-0.1, -0.05) is 0 Å². The third-order valence-corrected chi connectivity index (χ3v) is 4.54. The van der Waals surface area contributed by atoms with Gasteiger partial charge in [0.25, 0.3) is 0 Å². The van der Waals surface area contributed by atoms with E-state index in [4.69, 9.17) is 11.5 Å². The first-order valence-corrected chi connectivity index (χ1v) is 7.59. The molecule has 1 aliphatic heterocycles. The Labute approximate surface area is 121 Å². The lowest BCUT2D eigenvalue weighted by atomic mass is 9.81. The lowest BCUT2D eigenvalue weighted by Crippen LogP contribution is -2.49. The standard InChI is InChI=1S/C14H27N5O/c1-18-6-8-19(9-7-18)13(20)12-4-2-11(3-5-12)10-17-14(15)16/h11-12H,2-10H2,1H3,(H4,15,16,17). The van der Waals surface area contributed by atoms with Crippen molar-refractivity contribution < 1.29 is 4.79 Å². The van der Waals surface area contributed by atoms with E-state index in [1.165, 1.54) is 0 Å². The smallest absolute Gasteiger partial charge is 0.225 e. The number of carbonyl (C=O) groups is 1. The number of rotatable bonds is 3. The molecule has 1 saturated carbocycles. The van der Waals surface area contributed by atoms with Crippen LogP contribution in [0.25, 0.3) is 0 Å². The minimum atomic E-state index is 0.167. The molecule has 1 amide bonds. The number of hydrogen-bond acceptors (Lipinski definition) is 3. The fourth-order valence-corrected chi connectivity index (χ4v) is 3.11. The molecule has 1 saturated heterocycles. The van der Waals surface area contributed by atoms with Gasteiger partial charge in [0.2, 0.25) is 5.91 Å². The second kappa shape index (κ2) is 6.92.